The van der Waals surface area contributed by atoms with Gasteiger partial charge in [0.2, 0.25) is 0 Å². The summed E-state index contributed by atoms with van der Waals surface area (Å²) < 4.78 is 10.7. The molecular formula is C27H25NO6. The lowest BCUT2D eigenvalue weighted by Gasteiger charge is -2.26. The number of rotatable bonds is 5. The lowest BCUT2D eigenvalue weighted by molar-refractivity contribution is -0.132. The molecule has 1 aliphatic heterocycles. The van der Waals surface area contributed by atoms with Gasteiger partial charge in [-0.1, -0.05) is 18.2 Å². The molecule has 7 heteroatoms. The van der Waals surface area contributed by atoms with Crippen LogP contribution in [0, 0.1) is 13.8 Å². The maximum absolute atomic E-state index is 13.3. The first kappa shape index (κ1) is 22.9. The first-order valence-electron chi connectivity index (χ1n) is 10.7. The molecule has 1 unspecified atom stereocenters. The number of nitrogens with zero attached hydrogens (tertiary/aromatic N) is 1. The van der Waals surface area contributed by atoms with Crippen LogP contribution in [0.15, 0.2) is 66.2 Å². The van der Waals surface area contributed by atoms with Gasteiger partial charge in [0.1, 0.15) is 23.0 Å². The summed E-state index contributed by atoms with van der Waals surface area (Å²) in [5, 5.41) is 21.2. The maximum Gasteiger partial charge on any atom is 0.300 e. The second-order valence-electron chi connectivity index (χ2n) is 8.10. The highest BCUT2D eigenvalue weighted by Gasteiger charge is 2.47. The van der Waals surface area contributed by atoms with Crippen molar-refractivity contribution in [1.82, 2.24) is 0 Å². The molecule has 34 heavy (non-hydrogen) atoms. The minimum absolute atomic E-state index is 0.0359. The highest BCUT2D eigenvalue weighted by molar-refractivity contribution is 6.51. The summed E-state index contributed by atoms with van der Waals surface area (Å²) in [5.41, 5.74) is 2.87. The zero-order chi connectivity index (χ0) is 24.6. The molecule has 3 aromatic carbocycles. The first-order chi connectivity index (χ1) is 16.3. The molecule has 1 fully saturated rings. The molecule has 2 N–H and O–H groups in total. The highest BCUT2D eigenvalue weighted by atomic mass is 16.5. The summed E-state index contributed by atoms with van der Waals surface area (Å²) in [6.07, 6.45) is 0. The topological polar surface area (TPSA) is 96.3 Å². The van der Waals surface area contributed by atoms with Crippen molar-refractivity contribution in [3.05, 3.63) is 88.5 Å². The van der Waals surface area contributed by atoms with Gasteiger partial charge in [-0.2, -0.15) is 0 Å². The average molecular weight is 459 g/mol. The van der Waals surface area contributed by atoms with Crippen molar-refractivity contribution in [2.24, 2.45) is 0 Å². The molecule has 1 aliphatic rings. The molecule has 0 saturated carbocycles. The van der Waals surface area contributed by atoms with E-state index in [-0.39, 0.29) is 17.1 Å². The van der Waals surface area contributed by atoms with Crippen molar-refractivity contribution >= 4 is 23.1 Å². The van der Waals surface area contributed by atoms with Crippen LogP contribution < -0.4 is 14.4 Å². The quantitative estimate of drug-likeness (QED) is 0.328. The van der Waals surface area contributed by atoms with Crippen molar-refractivity contribution in [2.75, 3.05) is 19.1 Å². The molecule has 1 amide bonds. The molecule has 0 aromatic heterocycles. The zero-order valence-corrected chi connectivity index (χ0v) is 19.3. The molecule has 0 aliphatic carbocycles. The first-order valence-corrected chi connectivity index (χ1v) is 10.7. The van der Waals surface area contributed by atoms with Crippen LogP contribution in [-0.2, 0) is 9.59 Å². The average Bonchev–Trinajstić information content (AvgIpc) is 3.10. The summed E-state index contributed by atoms with van der Waals surface area (Å²) >= 11 is 0. The number of Topliss-reactive ketones (excluding diaryl/α,β-unsaturated/α-hetero) is 1. The van der Waals surface area contributed by atoms with E-state index in [9.17, 15) is 19.8 Å². The number of carbonyl (C=O) groups excluding carboxylic acids is 2. The number of hydrogen-bond donors (Lipinski definition) is 2. The molecular weight excluding hydrogens is 434 g/mol. The molecule has 7 nitrogen and oxygen atoms in total. The van der Waals surface area contributed by atoms with Crippen LogP contribution in [0.3, 0.4) is 0 Å². The minimum atomic E-state index is -0.908. The number of anilines is 1. The van der Waals surface area contributed by atoms with Gasteiger partial charge in [0.15, 0.2) is 0 Å². The number of aromatic hydroxyl groups is 1. The van der Waals surface area contributed by atoms with Crippen LogP contribution in [0.25, 0.3) is 5.76 Å². The standard InChI is InChI=1S/C27H25NO6/c1-15-13-22(34-4)16(2)12-21(15)25(30)23-24(17-8-10-19(29)11-9-17)28(27(32)26(23)31)18-6-5-7-20(14-18)33-3/h5-14,24,29-30H,1-4H3/b25-23+. The van der Waals surface area contributed by atoms with E-state index in [2.05, 4.69) is 0 Å². The van der Waals surface area contributed by atoms with Crippen molar-refractivity contribution in [2.45, 2.75) is 19.9 Å². The van der Waals surface area contributed by atoms with Crippen LogP contribution in [0.4, 0.5) is 5.69 Å². The molecule has 1 saturated heterocycles. The van der Waals surface area contributed by atoms with Gasteiger partial charge in [0.25, 0.3) is 11.7 Å². The Hall–Kier alpha value is -4.26. The number of aliphatic hydroxyl groups is 1. The fraction of sp³-hybridized carbons (Fsp3) is 0.185. The van der Waals surface area contributed by atoms with E-state index in [0.717, 1.165) is 5.56 Å². The summed E-state index contributed by atoms with van der Waals surface area (Å²) in [7, 11) is 3.07. The normalized spacial score (nSPS) is 17.2. The Labute approximate surface area is 197 Å². The Bertz CT molecular complexity index is 1310. The number of ketones is 1. The van der Waals surface area contributed by atoms with Crippen LogP contribution in [0.5, 0.6) is 17.2 Å². The number of phenolic OH excluding ortho intramolecular Hbond substituents is 1. The summed E-state index contributed by atoms with van der Waals surface area (Å²) in [6, 6.07) is 15.6. The van der Waals surface area contributed by atoms with Crippen molar-refractivity contribution in [1.29, 1.82) is 0 Å². The fourth-order valence-corrected chi connectivity index (χ4v) is 4.24. The Kier molecular flexibility index (Phi) is 6.03. The van der Waals surface area contributed by atoms with Gasteiger partial charge in [0.05, 0.1) is 25.8 Å². The number of benzene rings is 3. The molecule has 0 bridgehead atoms. The lowest BCUT2D eigenvalue weighted by atomic mass is 9.93. The summed E-state index contributed by atoms with van der Waals surface area (Å²) in [5.74, 6) is -0.623. The zero-order valence-electron chi connectivity index (χ0n) is 19.3. The number of methoxy groups -OCH3 is 2. The van der Waals surface area contributed by atoms with E-state index in [1.165, 1.54) is 24.1 Å². The van der Waals surface area contributed by atoms with Gasteiger partial charge < -0.3 is 19.7 Å². The lowest BCUT2D eigenvalue weighted by Crippen LogP contribution is -2.29. The molecule has 4 rings (SSSR count). The van der Waals surface area contributed by atoms with Crippen molar-refractivity contribution < 1.29 is 29.3 Å². The predicted molar refractivity (Wildman–Crippen MR) is 128 cm³/mol. The van der Waals surface area contributed by atoms with Crippen LogP contribution >= 0.6 is 0 Å². The second-order valence-corrected chi connectivity index (χ2v) is 8.10. The number of carbonyl (C=O) groups is 2. The monoisotopic (exact) mass is 459 g/mol. The van der Waals surface area contributed by atoms with Gasteiger partial charge in [-0.25, -0.2) is 0 Å². The maximum atomic E-state index is 13.3. The van der Waals surface area contributed by atoms with E-state index in [1.807, 2.05) is 6.92 Å². The third-order valence-corrected chi connectivity index (χ3v) is 5.98. The molecule has 0 radical (unpaired) electrons. The number of phenols is 1. The highest BCUT2D eigenvalue weighted by Crippen LogP contribution is 2.43. The Morgan fingerprint density at radius 1 is 0.912 bits per heavy atom. The van der Waals surface area contributed by atoms with Crippen molar-refractivity contribution in [3.8, 4) is 17.2 Å². The van der Waals surface area contributed by atoms with Crippen LogP contribution in [0.1, 0.15) is 28.3 Å². The Morgan fingerprint density at radius 2 is 1.62 bits per heavy atom. The van der Waals surface area contributed by atoms with E-state index in [1.54, 1.807) is 62.6 Å². The van der Waals surface area contributed by atoms with Gasteiger partial charge in [0, 0.05) is 17.3 Å². The van der Waals surface area contributed by atoms with Gasteiger partial charge in [-0.3, -0.25) is 14.5 Å². The van der Waals surface area contributed by atoms with Gasteiger partial charge in [-0.15, -0.1) is 0 Å². The summed E-state index contributed by atoms with van der Waals surface area (Å²) in [4.78, 5) is 27.9. The third kappa shape index (κ3) is 3.85. The van der Waals surface area contributed by atoms with E-state index in [0.29, 0.717) is 33.9 Å². The van der Waals surface area contributed by atoms with E-state index in [4.69, 9.17) is 9.47 Å². The number of amides is 1. The largest absolute Gasteiger partial charge is 0.508 e. The molecule has 0 spiro atoms. The Balaban J connectivity index is 1.97. The molecule has 1 atom stereocenters. The van der Waals surface area contributed by atoms with Crippen LogP contribution in [-0.4, -0.2) is 36.1 Å². The number of hydrogen-bond acceptors (Lipinski definition) is 6. The van der Waals surface area contributed by atoms with E-state index >= 15 is 0 Å². The number of ether oxygens (including phenoxy) is 2. The number of aryl methyl sites for hydroxylation is 2. The summed E-state index contributed by atoms with van der Waals surface area (Å²) in [6.45, 7) is 3.63. The van der Waals surface area contributed by atoms with Gasteiger partial charge >= 0.3 is 0 Å². The fourth-order valence-electron chi connectivity index (χ4n) is 4.24. The van der Waals surface area contributed by atoms with Crippen LogP contribution in [0.2, 0.25) is 0 Å². The molecule has 174 valence electrons. The Morgan fingerprint density at radius 3 is 2.26 bits per heavy atom. The number of aliphatic hydroxyl groups excluding tert-OH is 1. The molecule has 1 heterocycles. The minimum Gasteiger partial charge on any atom is -0.508 e. The molecule has 3 aromatic rings. The SMILES string of the molecule is COc1cccc(N2C(=O)C(=O)/C(=C(/O)c3cc(C)c(OC)cc3C)C2c2ccc(O)cc2)c1. The predicted octanol–water partition coefficient (Wildman–Crippen LogP) is 4.65. The van der Waals surface area contributed by atoms with E-state index < -0.39 is 17.7 Å². The smallest absolute Gasteiger partial charge is 0.300 e. The van der Waals surface area contributed by atoms with Crippen molar-refractivity contribution in [3.63, 3.8) is 0 Å². The third-order valence-electron chi connectivity index (χ3n) is 5.98. The van der Waals surface area contributed by atoms with Gasteiger partial charge in [-0.05, 0) is 66.9 Å². The second kappa shape index (κ2) is 8.94.